The summed E-state index contributed by atoms with van der Waals surface area (Å²) in [5, 5.41) is 60.2. The van der Waals surface area contributed by atoms with E-state index in [-0.39, 0.29) is 54.7 Å². The van der Waals surface area contributed by atoms with Crippen LogP contribution in [0.2, 0.25) is 0 Å². The molecule has 3 amide bonds. The van der Waals surface area contributed by atoms with E-state index in [0.29, 0.717) is 222 Å². The number of fused-ring (bicyclic) bond motifs is 3. The number of nitrogens with one attached hydrogen (secondary N) is 3. The fourth-order valence-corrected chi connectivity index (χ4v) is 11.0. The summed E-state index contributed by atoms with van der Waals surface area (Å²) < 4.78 is 79.8. The molecule has 1 fully saturated rings. The topological polar surface area (TPSA) is 417 Å². The van der Waals surface area contributed by atoms with Gasteiger partial charge in [0.25, 0.3) is 0 Å². The minimum absolute atomic E-state index is 0.0495. The van der Waals surface area contributed by atoms with Gasteiger partial charge in [-0.05, 0) is 77.2 Å². The molecule has 3 aromatic carbocycles. The number of carboxylic acids is 1. The minimum atomic E-state index is -1.72. The molecule has 12 N–H and O–H groups in total. The number of hydrogen-bond acceptors (Lipinski definition) is 26. The zero-order valence-electron chi connectivity index (χ0n) is 58.7. The summed E-state index contributed by atoms with van der Waals surface area (Å²) in [6, 6.07) is 17.0. The zero-order valence-corrected chi connectivity index (χ0v) is 60.3. The Morgan fingerprint density at radius 3 is 1.65 bits per heavy atom. The van der Waals surface area contributed by atoms with Crippen LogP contribution in [0.15, 0.2) is 65.4 Å². The van der Waals surface area contributed by atoms with Gasteiger partial charge in [-0.3, -0.25) is 14.4 Å². The fraction of sp³-hybridized carbons (Fsp3) is 0.623. The van der Waals surface area contributed by atoms with Gasteiger partial charge in [0.05, 0.1) is 208 Å². The highest BCUT2D eigenvalue weighted by molar-refractivity contribution is 9.10. The number of nitrogen functional groups attached to an aromatic ring is 1. The average molecular weight is 1510 g/mol. The lowest BCUT2D eigenvalue weighted by molar-refractivity contribution is -0.916. The average Bonchev–Trinajstić information content (AvgIpc) is 1.57. The van der Waals surface area contributed by atoms with E-state index in [1.165, 1.54) is 12.1 Å². The van der Waals surface area contributed by atoms with Gasteiger partial charge in [0.1, 0.15) is 48.8 Å². The van der Waals surface area contributed by atoms with Crippen molar-refractivity contribution < 1.29 is 116 Å². The highest BCUT2D eigenvalue weighted by Gasteiger charge is 2.45. The second-order valence-corrected chi connectivity index (χ2v) is 25.1. The van der Waals surface area contributed by atoms with Crippen molar-refractivity contribution in [3.05, 3.63) is 87.7 Å². The third-order valence-electron chi connectivity index (χ3n) is 15.8. The molecule has 570 valence electrons. The first kappa shape index (κ1) is 84.7. The van der Waals surface area contributed by atoms with Crippen molar-refractivity contribution in [1.29, 1.82) is 0 Å². The van der Waals surface area contributed by atoms with Crippen molar-refractivity contribution in [3.8, 4) is 5.75 Å². The summed E-state index contributed by atoms with van der Waals surface area (Å²) >= 11 is 3.58. The molecular weight excluding hydrogens is 1400 g/mol. The van der Waals surface area contributed by atoms with Crippen LogP contribution in [0.1, 0.15) is 59.2 Å². The molecule has 0 bridgehead atoms. The number of methoxy groups -OCH3 is 1. The number of carbonyl (C=O) groups is 4. The number of ether oxygens (including phenoxy) is 14. The number of imidazole rings is 1. The number of rotatable bonds is 56. The zero-order chi connectivity index (χ0) is 73.3. The predicted octanol–water partition coefficient (Wildman–Crippen LogP) is 1.91. The Bertz CT molecular complexity index is 3250. The normalized spacial score (nSPS) is 16.6. The molecule has 0 unspecified atom stereocenters. The maximum atomic E-state index is 13.6. The Kier molecular flexibility index (Phi) is 39.8. The third kappa shape index (κ3) is 31.2. The fourth-order valence-electron chi connectivity index (χ4n) is 10.5. The molecule has 1 aliphatic rings. The Labute approximate surface area is 602 Å². The lowest BCUT2D eigenvalue weighted by Gasteiger charge is -2.39. The van der Waals surface area contributed by atoms with Gasteiger partial charge in [-0.2, -0.15) is 0 Å². The SMILES string of the molecule is COCCOCCOCCOCCOCCOCCOCCOCCOCCOCCOCCOCCC(=O)NCCCC[C@H](N)C(=O)NCCC(=O)Nc1cc(C[N+](C)(C)Cc2ccc(Cn3c(Br)nc4c(N)nc5cc(C(=O)O)ccc5c43)cc2)ccc1O[C@H]1O[C@H](CO)[C@@H](O)[C@H](O)[C@@H]1O. The van der Waals surface area contributed by atoms with Crippen molar-refractivity contribution in [3.63, 3.8) is 0 Å². The smallest absolute Gasteiger partial charge is 0.335 e. The number of aliphatic hydroxyl groups is 4. The third-order valence-corrected chi connectivity index (χ3v) is 16.4. The molecule has 6 atom stereocenters. The molecule has 2 aromatic heterocycles. The van der Waals surface area contributed by atoms with Gasteiger partial charge in [0.15, 0.2) is 10.6 Å². The number of nitrogens with two attached hydrogens (primary N) is 2. The van der Waals surface area contributed by atoms with Crippen molar-refractivity contribution in [2.24, 2.45) is 5.73 Å². The Morgan fingerprint density at radius 2 is 1.12 bits per heavy atom. The van der Waals surface area contributed by atoms with E-state index in [9.17, 15) is 44.7 Å². The van der Waals surface area contributed by atoms with Crippen molar-refractivity contribution in [2.75, 3.05) is 204 Å². The van der Waals surface area contributed by atoms with E-state index in [2.05, 4.69) is 41.8 Å². The number of quaternary nitrogens is 1. The predicted molar refractivity (Wildman–Crippen MR) is 377 cm³/mol. The number of aromatic nitrogens is 3. The van der Waals surface area contributed by atoms with Crippen LogP contribution in [-0.4, -0.2) is 298 Å². The van der Waals surface area contributed by atoms with E-state index >= 15 is 0 Å². The number of aliphatic hydroxyl groups excluding tert-OH is 4. The van der Waals surface area contributed by atoms with Crippen LogP contribution in [-0.2, 0) is 95.6 Å². The van der Waals surface area contributed by atoms with E-state index in [1.807, 2.05) is 42.9 Å². The number of benzene rings is 3. The summed E-state index contributed by atoms with van der Waals surface area (Å²) in [4.78, 5) is 59.6. The van der Waals surface area contributed by atoms with Gasteiger partial charge in [0.2, 0.25) is 24.0 Å². The highest BCUT2D eigenvalue weighted by Crippen LogP contribution is 2.34. The number of amides is 3. The van der Waals surface area contributed by atoms with E-state index < -0.39 is 61.1 Å². The molecule has 0 saturated carbocycles. The second-order valence-electron chi connectivity index (χ2n) is 24.4. The van der Waals surface area contributed by atoms with E-state index in [4.69, 9.17) is 77.8 Å². The maximum Gasteiger partial charge on any atom is 0.335 e. The number of aromatic carboxylic acids is 1. The molecule has 0 radical (unpaired) electrons. The molecule has 32 nitrogen and oxygen atoms in total. The van der Waals surface area contributed by atoms with Crippen molar-refractivity contribution in [2.45, 2.75) is 88.5 Å². The Morgan fingerprint density at radius 1 is 0.608 bits per heavy atom. The highest BCUT2D eigenvalue weighted by atomic mass is 79.9. The lowest BCUT2D eigenvalue weighted by atomic mass is 9.99. The molecule has 102 heavy (non-hydrogen) atoms. The van der Waals surface area contributed by atoms with Crippen molar-refractivity contribution >= 4 is 73.1 Å². The summed E-state index contributed by atoms with van der Waals surface area (Å²) in [6.07, 6.45) is -6.33. The van der Waals surface area contributed by atoms with Gasteiger partial charge in [0, 0.05) is 49.6 Å². The van der Waals surface area contributed by atoms with Crippen LogP contribution in [0.4, 0.5) is 11.5 Å². The monoisotopic (exact) mass is 1510 g/mol. The van der Waals surface area contributed by atoms with Crippen LogP contribution in [0.25, 0.3) is 21.9 Å². The largest absolute Gasteiger partial charge is 0.478 e. The molecule has 0 aliphatic carbocycles. The molecule has 33 heteroatoms. The van der Waals surface area contributed by atoms with Gasteiger partial charge in [-0.1, -0.05) is 24.3 Å². The molecule has 1 saturated heterocycles. The first-order valence-corrected chi connectivity index (χ1v) is 35.1. The van der Waals surface area contributed by atoms with Crippen LogP contribution in [0, 0.1) is 0 Å². The van der Waals surface area contributed by atoms with Crippen LogP contribution in [0.5, 0.6) is 5.75 Å². The van der Waals surface area contributed by atoms with E-state index in [1.54, 1.807) is 31.4 Å². The van der Waals surface area contributed by atoms with Crippen LogP contribution < -0.4 is 32.2 Å². The quantitative estimate of drug-likeness (QED) is 0.0196. The Hall–Kier alpha value is -6.26. The molecular formula is C69H105BrN9O23+. The van der Waals surface area contributed by atoms with Gasteiger partial charge >= 0.3 is 5.97 Å². The number of hydrogen-bond donors (Lipinski definition) is 10. The number of pyridine rings is 1. The minimum Gasteiger partial charge on any atom is -0.478 e. The molecule has 5 aromatic rings. The molecule has 6 rings (SSSR count). The number of unbranched alkanes of at least 4 members (excludes halogenated alkanes) is 1. The van der Waals surface area contributed by atoms with Gasteiger partial charge < -0.3 is 128 Å². The van der Waals surface area contributed by atoms with Gasteiger partial charge in [-0.25, -0.2) is 14.8 Å². The second kappa shape index (κ2) is 48.0. The lowest BCUT2D eigenvalue weighted by Crippen LogP contribution is -2.60. The summed E-state index contributed by atoms with van der Waals surface area (Å²) in [6.45, 7) is 11.5. The molecule has 3 heterocycles. The first-order chi connectivity index (χ1) is 49.4. The number of halogens is 1. The summed E-state index contributed by atoms with van der Waals surface area (Å²) in [5.74, 6) is -1.95. The van der Waals surface area contributed by atoms with Crippen LogP contribution in [0.3, 0.4) is 0 Å². The number of nitrogens with zero attached hydrogens (tertiary/aromatic N) is 4. The van der Waals surface area contributed by atoms with E-state index in [0.717, 1.165) is 16.7 Å². The molecule has 0 spiro atoms. The first-order valence-electron chi connectivity index (χ1n) is 34.3. The molecule has 1 aliphatic heterocycles. The Balaban J connectivity index is 0.777. The standard InChI is InChI=1S/C69H104BrN9O23/c1-79(2,45-49-9-7-48(8-10-49)44-78-61-52-13-12-51(67(87)88)43-54(52)76-65(72)60(61)77-69(78)70)46-50-11-14-56(101-68-64(85)63(84)62(83)57(47-80)102-68)55(42-50)75-59(82)15-18-74-66(86)53(71)6-4-5-17-73-58(81)16-19-90-22-23-92-26-27-94-30-31-96-34-35-98-38-39-100-41-40-99-37-36-97-33-32-95-29-28-93-25-24-91-21-20-89-3/h7-14,42-43,53,57,62-64,68,80,83-85H,4-6,15-41,44-47,71H2,1-3H3,(H5-,72,73,74,75,76,81,82,86,87,88)/p+1/t53-,57+,62+,63-,64-,68-/m0/s1. The maximum absolute atomic E-state index is 13.6. The summed E-state index contributed by atoms with van der Waals surface area (Å²) in [7, 11) is 5.73. The number of carboxylic acid groups (broad SMARTS) is 1. The van der Waals surface area contributed by atoms with Crippen molar-refractivity contribution in [1.82, 2.24) is 25.2 Å². The van der Waals surface area contributed by atoms with Gasteiger partial charge in [-0.15, -0.1) is 0 Å². The number of carbonyl (C=O) groups excluding carboxylic acids is 3. The number of anilines is 2. The summed E-state index contributed by atoms with van der Waals surface area (Å²) in [5.41, 5.74) is 17.2. The van der Waals surface area contributed by atoms with Crippen LogP contribution >= 0.6 is 15.9 Å².